The Bertz CT molecular complexity index is 319. The molecule has 17 heavy (non-hydrogen) atoms. The second-order valence-corrected chi connectivity index (χ2v) is 4.98. The van der Waals surface area contributed by atoms with Crippen molar-refractivity contribution in [3.8, 4) is 0 Å². The van der Waals surface area contributed by atoms with Crippen LogP contribution in [0.4, 0.5) is 0 Å². The highest BCUT2D eigenvalue weighted by Crippen LogP contribution is 2.26. The first kappa shape index (κ1) is 12.3. The molecule has 2 fully saturated rings. The van der Waals surface area contributed by atoms with Crippen molar-refractivity contribution in [2.24, 2.45) is 0 Å². The predicted octanol–water partition coefficient (Wildman–Crippen LogP) is -0.559. The van der Waals surface area contributed by atoms with Crippen LogP contribution in [-0.2, 0) is 14.3 Å². The van der Waals surface area contributed by atoms with E-state index in [1.54, 1.807) is 4.90 Å². The Morgan fingerprint density at radius 1 is 1.53 bits per heavy atom. The Morgan fingerprint density at radius 2 is 2.24 bits per heavy atom. The molecule has 2 aliphatic heterocycles. The highest BCUT2D eigenvalue weighted by Gasteiger charge is 2.44. The minimum atomic E-state index is -0.978. The number of likely N-dealkylation sites (tertiary alicyclic amines) is 1. The number of nitrogens with zero attached hydrogens (tertiary/aromatic N) is 1. The summed E-state index contributed by atoms with van der Waals surface area (Å²) in [5, 5.41) is 11.7. The van der Waals surface area contributed by atoms with E-state index in [2.05, 4.69) is 5.32 Å². The summed E-state index contributed by atoms with van der Waals surface area (Å²) in [6.45, 7) is 3.40. The maximum absolute atomic E-state index is 11.9. The highest BCUT2D eigenvalue weighted by atomic mass is 16.5. The van der Waals surface area contributed by atoms with E-state index in [0.29, 0.717) is 13.1 Å². The van der Waals surface area contributed by atoms with Gasteiger partial charge in [-0.2, -0.15) is 0 Å². The van der Waals surface area contributed by atoms with E-state index >= 15 is 0 Å². The Labute approximate surface area is 99.9 Å². The summed E-state index contributed by atoms with van der Waals surface area (Å²) >= 11 is 0. The monoisotopic (exact) mass is 242 g/mol. The molecule has 1 amide bonds. The Hall–Kier alpha value is -1.14. The molecule has 0 saturated carbocycles. The molecule has 2 rings (SSSR count). The first-order valence-corrected chi connectivity index (χ1v) is 5.88. The topological polar surface area (TPSA) is 78.9 Å². The average molecular weight is 242 g/mol. The summed E-state index contributed by atoms with van der Waals surface area (Å²) in [6.07, 6.45) is 1.93. The zero-order valence-corrected chi connectivity index (χ0v) is 9.94. The summed E-state index contributed by atoms with van der Waals surface area (Å²) in [6, 6.07) is -0.0565. The van der Waals surface area contributed by atoms with Gasteiger partial charge in [-0.25, -0.2) is 4.79 Å². The van der Waals surface area contributed by atoms with Gasteiger partial charge in [0.05, 0.1) is 19.1 Å². The van der Waals surface area contributed by atoms with Gasteiger partial charge in [-0.1, -0.05) is 0 Å². The number of rotatable bonds is 4. The van der Waals surface area contributed by atoms with Crippen LogP contribution in [0.5, 0.6) is 0 Å². The first-order valence-electron chi connectivity index (χ1n) is 5.88. The molecular formula is C11H18N2O4. The number of nitrogens with one attached hydrogen (secondary N) is 1. The van der Waals surface area contributed by atoms with Crippen molar-refractivity contribution in [3.05, 3.63) is 0 Å². The molecule has 0 aromatic carbocycles. The number of ether oxygens (including phenoxy) is 1. The van der Waals surface area contributed by atoms with Crippen molar-refractivity contribution in [1.82, 2.24) is 10.2 Å². The van der Waals surface area contributed by atoms with Crippen LogP contribution in [0.25, 0.3) is 0 Å². The average Bonchev–Trinajstić information content (AvgIpc) is 2.74. The Kier molecular flexibility index (Phi) is 3.35. The first-order chi connectivity index (χ1) is 8.00. The van der Waals surface area contributed by atoms with Crippen LogP contribution in [0, 0.1) is 0 Å². The number of carbonyl (C=O) groups excluding carboxylic acids is 1. The SMILES string of the molecule is CC1(OCC(=O)O)CN(C(=O)[C@@H]2CCCN2)C1. The molecule has 6 heteroatoms. The Balaban J connectivity index is 1.77. The second-order valence-electron chi connectivity index (χ2n) is 4.98. The van der Waals surface area contributed by atoms with Crippen LogP contribution in [0.1, 0.15) is 19.8 Å². The number of amides is 1. The maximum Gasteiger partial charge on any atom is 0.329 e. The smallest absolute Gasteiger partial charge is 0.329 e. The molecule has 2 saturated heterocycles. The molecule has 0 radical (unpaired) electrons. The van der Waals surface area contributed by atoms with E-state index in [1.807, 2.05) is 6.92 Å². The van der Waals surface area contributed by atoms with Crippen LogP contribution in [0.2, 0.25) is 0 Å². The van der Waals surface area contributed by atoms with Gasteiger partial charge in [0.1, 0.15) is 12.2 Å². The van der Waals surface area contributed by atoms with Crippen molar-refractivity contribution >= 4 is 11.9 Å². The lowest BCUT2D eigenvalue weighted by Crippen LogP contribution is -2.65. The van der Waals surface area contributed by atoms with E-state index in [4.69, 9.17) is 9.84 Å². The van der Waals surface area contributed by atoms with E-state index in [9.17, 15) is 9.59 Å². The maximum atomic E-state index is 11.9. The normalized spacial score (nSPS) is 26.6. The summed E-state index contributed by atoms with van der Waals surface area (Å²) in [5.74, 6) is -0.868. The molecule has 2 N–H and O–H groups in total. The van der Waals surface area contributed by atoms with Crippen LogP contribution >= 0.6 is 0 Å². The molecular weight excluding hydrogens is 224 g/mol. The van der Waals surface area contributed by atoms with Gasteiger partial charge >= 0.3 is 5.97 Å². The van der Waals surface area contributed by atoms with Gasteiger partial charge in [-0.15, -0.1) is 0 Å². The number of carboxylic acid groups (broad SMARTS) is 1. The van der Waals surface area contributed by atoms with Crippen molar-refractivity contribution in [1.29, 1.82) is 0 Å². The number of hydrogen-bond donors (Lipinski definition) is 2. The van der Waals surface area contributed by atoms with Gasteiger partial charge in [-0.05, 0) is 26.3 Å². The van der Waals surface area contributed by atoms with Crippen molar-refractivity contribution in [2.75, 3.05) is 26.2 Å². The van der Waals surface area contributed by atoms with Gasteiger partial charge in [0, 0.05) is 0 Å². The van der Waals surface area contributed by atoms with Crippen LogP contribution in [-0.4, -0.2) is 59.8 Å². The van der Waals surface area contributed by atoms with Gasteiger partial charge in [0.2, 0.25) is 5.91 Å². The molecule has 2 heterocycles. The fourth-order valence-electron chi connectivity index (χ4n) is 2.36. The van der Waals surface area contributed by atoms with E-state index in [-0.39, 0.29) is 18.6 Å². The molecule has 96 valence electrons. The number of carboxylic acids is 1. The summed E-state index contributed by atoms with van der Waals surface area (Å²) in [5.41, 5.74) is -0.493. The zero-order valence-electron chi connectivity index (χ0n) is 9.94. The number of aliphatic carboxylic acids is 1. The minimum Gasteiger partial charge on any atom is -0.480 e. The molecule has 0 spiro atoms. The lowest BCUT2D eigenvalue weighted by atomic mass is 9.95. The lowest BCUT2D eigenvalue weighted by molar-refractivity contribution is -0.174. The van der Waals surface area contributed by atoms with Gasteiger partial charge in [-0.3, -0.25) is 4.79 Å². The third-order valence-electron chi connectivity index (χ3n) is 3.26. The van der Waals surface area contributed by atoms with Crippen molar-refractivity contribution in [3.63, 3.8) is 0 Å². The lowest BCUT2D eigenvalue weighted by Gasteiger charge is -2.48. The van der Waals surface area contributed by atoms with Crippen LogP contribution in [0.15, 0.2) is 0 Å². The highest BCUT2D eigenvalue weighted by molar-refractivity contribution is 5.83. The standard InChI is InChI=1S/C11H18N2O4/c1-11(17-5-9(14)15)6-13(7-11)10(16)8-3-2-4-12-8/h8,12H,2-7H2,1H3,(H,14,15)/t8-/m0/s1. The van der Waals surface area contributed by atoms with Crippen LogP contribution < -0.4 is 5.32 Å². The molecule has 0 unspecified atom stereocenters. The molecule has 0 bridgehead atoms. The third kappa shape index (κ3) is 2.76. The van der Waals surface area contributed by atoms with Crippen molar-refractivity contribution in [2.45, 2.75) is 31.4 Å². The third-order valence-corrected chi connectivity index (χ3v) is 3.26. The molecule has 2 aliphatic rings. The molecule has 0 aromatic heterocycles. The molecule has 1 atom stereocenters. The largest absolute Gasteiger partial charge is 0.480 e. The second kappa shape index (κ2) is 4.62. The van der Waals surface area contributed by atoms with E-state index in [0.717, 1.165) is 19.4 Å². The van der Waals surface area contributed by atoms with Gasteiger partial charge < -0.3 is 20.1 Å². The molecule has 0 aromatic rings. The quantitative estimate of drug-likeness (QED) is 0.691. The van der Waals surface area contributed by atoms with Crippen LogP contribution in [0.3, 0.4) is 0 Å². The summed E-state index contributed by atoms with van der Waals surface area (Å²) < 4.78 is 5.26. The fraction of sp³-hybridized carbons (Fsp3) is 0.818. The van der Waals surface area contributed by atoms with Gasteiger partial charge in [0.15, 0.2) is 0 Å². The van der Waals surface area contributed by atoms with Crippen molar-refractivity contribution < 1.29 is 19.4 Å². The summed E-state index contributed by atoms with van der Waals surface area (Å²) in [4.78, 5) is 24.1. The fourth-order valence-corrected chi connectivity index (χ4v) is 2.36. The zero-order chi connectivity index (χ0) is 12.5. The molecule has 6 nitrogen and oxygen atoms in total. The van der Waals surface area contributed by atoms with E-state index in [1.165, 1.54) is 0 Å². The predicted molar refractivity (Wildman–Crippen MR) is 59.6 cm³/mol. The van der Waals surface area contributed by atoms with Gasteiger partial charge in [0.25, 0.3) is 0 Å². The number of carbonyl (C=O) groups is 2. The van der Waals surface area contributed by atoms with E-state index < -0.39 is 11.6 Å². The molecule has 0 aliphatic carbocycles. The number of hydrogen-bond acceptors (Lipinski definition) is 4. The summed E-state index contributed by atoms with van der Waals surface area (Å²) in [7, 11) is 0. The Morgan fingerprint density at radius 3 is 2.76 bits per heavy atom. The minimum absolute atomic E-state index is 0.0565.